The van der Waals surface area contributed by atoms with Crippen molar-refractivity contribution in [2.75, 3.05) is 23.4 Å². The van der Waals surface area contributed by atoms with Gasteiger partial charge < -0.3 is 14.8 Å². The van der Waals surface area contributed by atoms with Crippen molar-refractivity contribution < 1.29 is 19.1 Å². The zero-order chi connectivity index (χ0) is 19.9. The number of amides is 1. The van der Waals surface area contributed by atoms with Crippen molar-refractivity contribution in [1.29, 1.82) is 0 Å². The zero-order valence-corrected chi connectivity index (χ0v) is 17.5. The van der Waals surface area contributed by atoms with E-state index in [4.69, 9.17) is 9.47 Å². The van der Waals surface area contributed by atoms with Crippen molar-refractivity contribution in [3.05, 3.63) is 59.7 Å². The number of anilines is 1. The normalized spacial score (nSPS) is 15.1. The molecular formula is C21H23NO4S2. The second kappa shape index (κ2) is 9.89. The average Bonchev–Trinajstić information content (AvgIpc) is 3.23. The van der Waals surface area contributed by atoms with Crippen LogP contribution in [0.3, 0.4) is 0 Å². The van der Waals surface area contributed by atoms with Crippen molar-refractivity contribution in [3.8, 4) is 5.75 Å². The lowest BCUT2D eigenvalue weighted by molar-refractivity contribution is -0.155. The molecule has 0 unspecified atom stereocenters. The fourth-order valence-electron chi connectivity index (χ4n) is 2.65. The first-order chi connectivity index (χ1) is 13.5. The molecule has 2 aromatic carbocycles. The number of esters is 1. The van der Waals surface area contributed by atoms with E-state index in [2.05, 4.69) is 5.32 Å². The molecule has 1 saturated heterocycles. The largest absolute Gasteiger partial charge is 0.482 e. The number of nitrogens with one attached hydrogen (secondary N) is 1. The van der Waals surface area contributed by atoms with Gasteiger partial charge in [-0.25, -0.2) is 4.79 Å². The Bertz CT molecular complexity index is 819. The third kappa shape index (κ3) is 5.69. The van der Waals surface area contributed by atoms with E-state index >= 15 is 0 Å². The van der Waals surface area contributed by atoms with Gasteiger partial charge in [-0.1, -0.05) is 35.9 Å². The van der Waals surface area contributed by atoms with E-state index in [9.17, 15) is 9.59 Å². The first-order valence-electron chi connectivity index (χ1n) is 9.05. The average molecular weight is 418 g/mol. The van der Waals surface area contributed by atoms with Crippen LogP contribution in [0.25, 0.3) is 0 Å². The zero-order valence-electron chi connectivity index (χ0n) is 15.8. The third-order valence-electron chi connectivity index (χ3n) is 4.14. The topological polar surface area (TPSA) is 64.6 Å². The van der Waals surface area contributed by atoms with Crippen LogP contribution < -0.4 is 10.1 Å². The summed E-state index contributed by atoms with van der Waals surface area (Å²) < 4.78 is 11.2. The number of rotatable bonds is 7. The Hall–Kier alpha value is -2.12. The first-order valence-corrected chi connectivity index (χ1v) is 11.1. The second-order valence-electron chi connectivity index (χ2n) is 6.39. The van der Waals surface area contributed by atoms with Crippen molar-refractivity contribution >= 4 is 41.1 Å². The lowest BCUT2D eigenvalue weighted by Gasteiger charge is -2.16. The van der Waals surface area contributed by atoms with Gasteiger partial charge in [0, 0.05) is 22.8 Å². The van der Waals surface area contributed by atoms with E-state index < -0.39 is 12.1 Å². The number of carbonyl (C=O) groups is 2. The van der Waals surface area contributed by atoms with Gasteiger partial charge in [-0.05, 0) is 32.0 Å². The van der Waals surface area contributed by atoms with Crippen LogP contribution in [0.4, 0.5) is 5.69 Å². The summed E-state index contributed by atoms with van der Waals surface area (Å²) in [6.45, 7) is 3.28. The van der Waals surface area contributed by atoms with Gasteiger partial charge in [0.25, 0.3) is 5.91 Å². The van der Waals surface area contributed by atoms with E-state index in [0.29, 0.717) is 16.0 Å². The molecule has 0 saturated carbocycles. The molecule has 3 rings (SSSR count). The Labute approximate surface area is 173 Å². The highest BCUT2D eigenvalue weighted by molar-refractivity contribution is 8.19. The van der Waals surface area contributed by atoms with Crippen molar-refractivity contribution in [3.63, 3.8) is 0 Å². The van der Waals surface area contributed by atoms with Crippen molar-refractivity contribution in [2.24, 2.45) is 0 Å². The molecule has 1 heterocycles. The van der Waals surface area contributed by atoms with Gasteiger partial charge in [0.1, 0.15) is 5.75 Å². The molecule has 2 aromatic rings. The second-order valence-corrected chi connectivity index (χ2v) is 9.11. The van der Waals surface area contributed by atoms with Crippen molar-refractivity contribution in [2.45, 2.75) is 24.5 Å². The van der Waals surface area contributed by atoms with Crippen molar-refractivity contribution in [1.82, 2.24) is 0 Å². The fraction of sp³-hybridized carbons (Fsp3) is 0.333. The van der Waals surface area contributed by atoms with Gasteiger partial charge in [-0.2, -0.15) is 0 Å². The monoisotopic (exact) mass is 417 g/mol. The number of hydrogen-bond donors (Lipinski definition) is 1. The molecule has 1 N–H and O–H groups in total. The van der Waals surface area contributed by atoms with Gasteiger partial charge in [0.15, 0.2) is 12.7 Å². The summed E-state index contributed by atoms with van der Waals surface area (Å²) >= 11 is 3.75. The number of carbonyl (C=O) groups excluding carboxylic acids is 2. The Morgan fingerprint density at radius 1 is 1.11 bits per heavy atom. The number of aryl methyl sites for hydroxylation is 1. The molecule has 0 aromatic heterocycles. The van der Waals surface area contributed by atoms with Gasteiger partial charge in [0.05, 0.1) is 4.58 Å². The third-order valence-corrected chi connectivity index (χ3v) is 7.20. The molecule has 28 heavy (non-hydrogen) atoms. The molecule has 0 radical (unpaired) electrons. The Balaban J connectivity index is 1.50. The van der Waals surface area contributed by atoms with Crippen LogP contribution in [-0.4, -0.2) is 36.1 Å². The number of hydrogen-bond acceptors (Lipinski definition) is 6. The molecular weight excluding hydrogens is 394 g/mol. The molecule has 148 valence electrons. The molecule has 7 heteroatoms. The van der Waals surface area contributed by atoms with Gasteiger partial charge >= 0.3 is 5.97 Å². The van der Waals surface area contributed by atoms with Gasteiger partial charge in [-0.3, -0.25) is 4.79 Å². The van der Waals surface area contributed by atoms with Crippen LogP contribution in [0.15, 0.2) is 48.5 Å². The molecule has 0 bridgehead atoms. The van der Waals surface area contributed by atoms with Crippen LogP contribution in [0.2, 0.25) is 0 Å². The number of benzene rings is 2. The standard InChI is InChI=1S/C21H23NO4S2/c1-14-7-9-16(10-8-14)22-20(24)15(2)26-19(23)13-25-18-6-4-3-5-17(18)21-27-11-12-28-21/h3-10,15,21H,11-13H2,1-2H3,(H,22,24)/t15-/m0/s1. The van der Waals surface area contributed by atoms with Crippen LogP contribution in [0.1, 0.15) is 22.6 Å². The molecule has 1 atom stereocenters. The lowest BCUT2D eigenvalue weighted by atomic mass is 10.2. The minimum atomic E-state index is -0.909. The fourth-order valence-corrected chi connectivity index (χ4v) is 5.56. The molecule has 0 aliphatic carbocycles. The van der Waals surface area contributed by atoms with Gasteiger partial charge in [-0.15, -0.1) is 23.5 Å². The molecule has 5 nitrogen and oxygen atoms in total. The molecule has 1 fully saturated rings. The van der Waals surface area contributed by atoms with E-state index in [-0.39, 0.29) is 12.5 Å². The van der Waals surface area contributed by atoms with Crippen LogP contribution >= 0.6 is 23.5 Å². The predicted octanol–water partition coefficient (Wildman–Crippen LogP) is 4.42. The summed E-state index contributed by atoms with van der Waals surface area (Å²) in [7, 11) is 0. The maximum absolute atomic E-state index is 12.2. The maximum atomic E-state index is 12.2. The number of ether oxygens (including phenoxy) is 2. The van der Waals surface area contributed by atoms with E-state index in [1.807, 2.05) is 66.8 Å². The summed E-state index contributed by atoms with van der Waals surface area (Å²) in [4.78, 5) is 24.3. The molecule has 1 aliphatic heterocycles. The summed E-state index contributed by atoms with van der Waals surface area (Å²) in [5, 5.41) is 2.73. The van der Waals surface area contributed by atoms with E-state index in [0.717, 1.165) is 22.6 Å². The predicted molar refractivity (Wildman–Crippen MR) is 115 cm³/mol. The molecule has 1 amide bonds. The smallest absolute Gasteiger partial charge is 0.344 e. The Morgan fingerprint density at radius 2 is 1.79 bits per heavy atom. The van der Waals surface area contributed by atoms with E-state index in [1.165, 1.54) is 0 Å². The summed E-state index contributed by atoms with van der Waals surface area (Å²) in [5.41, 5.74) is 2.84. The summed E-state index contributed by atoms with van der Waals surface area (Å²) in [6.07, 6.45) is -0.909. The van der Waals surface area contributed by atoms with Crippen LogP contribution in [0.5, 0.6) is 5.75 Å². The lowest BCUT2D eigenvalue weighted by Crippen LogP contribution is -2.31. The number of thioether (sulfide) groups is 2. The quantitative estimate of drug-likeness (QED) is 0.673. The minimum Gasteiger partial charge on any atom is -0.482 e. The number of para-hydroxylation sites is 1. The molecule has 0 spiro atoms. The minimum absolute atomic E-state index is 0.235. The maximum Gasteiger partial charge on any atom is 0.344 e. The molecule has 1 aliphatic rings. The van der Waals surface area contributed by atoms with Crippen LogP contribution in [-0.2, 0) is 14.3 Å². The van der Waals surface area contributed by atoms with Crippen LogP contribution in [0, 0.1) is 6.92 Å². The highest BCUT2D eigenvalue weighted by Gasteiger charge is 2.23. The highest BCUT2D eigenvalue weighted by Crippen LogP contribution is 2.48. The summed E-state index contributed by atoms with van der Waals surface area (Å²) in [6, 6.07) is 15.1. The van der Waals surface area contributed by atoms with E-state index in [1.54, 1.807) is 19.1 Å². The SMILES string of the molecule is Cc1ccc(NC(=O)[C@H](C)OC(=O)COc2ccccc2C2SCCS2)cc1. The highest BCUT2D eigenvalue weighted by atomic mass is 32.2. The Kier molecular flexibility index (Phi) is 7.28. The Morgan fingerprint density at radius 3 is 2.50 bits per heavy atom. The van der Waals surface area contributed by atoms with Gasteiger partial charge in [0.2, 0.25) is 0 Å². The first kappa shape index (κ1) is 20.6. The summed E-state index contributed by atoms with van der Waals surface area (Å²) in [5.74, 6) is 1.95.